The maximum Gasteiger partial charge on any atom is 0.251 e. The minimum absolute atomic E-state index is 0.0902. The van der Waals surface area contributed by atoms with Gasteiger partial charge >= 0.3 is 0 Å². The van der Waals surface area contributed by atoms with Gasteiger partial charge in [0.05, 0.1) is 17.8 Å². The zero-order valence-corrected chi connectivity index (χ0v) is 19.3. The lowest BCUT2D eigenvalue weighted by atomic mass is 10.0. The highest BCUT2D eigenvalue weighted by molar-refractivity contribution is 6.00. The van der Waals surface area contributed by atoms with Crippen molar-refractivity contribution in [1.29, 1.82) is 0 Å². The molecule has 7 heteroatoms. The highest BCUT2D eigenvalue weighted by Crippen LogP contribution is 2.32. The summed E-state index contributed by atoms with van der Waals surface area (Å²) in [5.74, 6) is 0.436. The van der Waals surface area contributed by atoms with Gasteiger partial charge in [0, 0.05) is 35.1 Å². The van der Waals surface area contributed by atoms with E-state index in [-0.39, 0.29) is 24.2 Å². The first kappa shape index (κ1) is 22.3. The van der Waals surface area contributed by atoms with Crippen molar-refractivity contribution in [3.63, 3.8) is 0 Å². The number of amides is 2. The van der Waals surface area contributed by atoms with Gasteiger partial charge in [-0.15, -0.1) is 0 Å². The summed E-state index contributed by atoms with van der Waals surface area (Å²) in [5.41, 5.74) is 5.62. The van der Waals surface area contributed by atoms with Crippen LogP contribution in [0.4, 0.5) is 17.3 Å². The lowest BCUT2D eigenvalue weighted by molar-refractivity contribution is -0.115. The number of hydrogen-bond acceptors (Lipinski definition) is 5. The molecule has 0 spiro atoms. The number of carbonyl (C=O) groups excluding carboxylic acids is 2. The molecule has 0 radical (unpaired) electrons. The molecule has 1 atom stereocenters. The van der Waals surface area contributed by atoms with Gasteiger partial charge in [0.25, 0.3) is 5.91 Å². The molecule has 1 aliphatic heterocycles. The van der Waals surface area contributed by atoms with E-state index in [1.807, 2.05) is 54.6 Å². The SMILES string of the molecule is CC(CNC(=O)c1ccc(Nc2ncc3c(n2)-c2ccccc2NC(=O)C3)cc1)c1ccccc1. The van der Waals surface area contributed by atoms with Crippen molar-refractivity contribution in [3.8, 4) is 11.3 Å². The molecule has 0 aliphatic carbocycles. The second-order valence-corrected chi connectivity index (χ2v) is 8.56. The summed E-state index contributed by atoms with van der Waals surface area (Å²) < 4.78 is 0. The van der Waals surface area contributed by atoms with Gasteiger partial charge in [-0.1, -0.05) is 55.5 Å². The van der Waals surface area contributed by atoms with E-state index in [1.54, 1.807) is 18.3 Å². The summed E-state index contributed by atoms with van der Waals surface area (Å²) >= 11 is 0. The Morgan fingerprint density at radius 2 is 1.74 bits per heavy atom. The van der Waals surface area contributed by atoms with Gasteiger partial charge in [-0.2, -0.15) is 0 Å². The Morgan fingerprint density at radius 3 is 2.54 bits per heavy atom. The molecule has 1 unspecified atom stereocenters. The highest BCUT2D eigenvalue weighted by Gasteiger charge is 2.20. The van der Waals surface area contributed by atoms with Crippen LogP contribution in [0.15, 0.2) is 85.1 Å². The van der Waals surface area contributed by atoms with Crippen LogP contribution in [0.1, 0.15) is 34.3 Å². The quantitative estimate of drug-likeness (QED) is 0.377. The second-order valence-electron chi connectivity index (χ2n) is 8.56. The number of aromatic nitrogens is 2. The number of carbonyl (C=O) groups is 2. The first-order chi connectivity index (χ1) is 17.1. The average Bonchev–Trinajstić information content (AvgIpc) is 3.03. The van der Waals surface area contributed by atoms with E-state index < -0.39 is 0 Å². The van der Waals surface area contributed by atoms with E-state index in [4.69, 9.17) is 0 Å². The monoisotopic (exact) mass is 463 g/mol. The van der Waals surface area contributed by atoms with Crippen LogP contribution >= 0.6 is 0 Å². The molecular weight excluding hydrogens is 438 g/mol. The summed E-state index contributed by atoms with van der Waals surface area (Å²) in [5, 5.41) is 9.11. The first-order valence-corrected chi connectivity index (χ1v) is 11.5. The average molecular weight is 464 g/mol. The molecule has 2 heterocycles. The van der Waals surface area contributed by atoms with Crippen LogP contribution in [0.5, 0.6) is 0 Å². The molecule has 4 aromatic rings. The maximum absolute atomic E-state index is 12.6. The fourth-order valence-electron chi connectivity index (χ4n) is 4.08. The van der Waals surface area contributed by atoms with Crippen LogP contribution in [0.25, 0.3) is 11.3 Å². The summed E-state index contributed by atoms with van der Waals surface area (Å²) in [6.07, 6.45) is 1.90. The van der Waals surface area contributed by atoms with Crippen LogP contribution in [0, 0.1) is 0 Å². The minimum atomic E-state index is -0.116. The van der Waals surface area contributed by atoms with Gasteiger partial charge in [-0.25, -0.2) is 9.97 Å². The largest absolute Gasteiger partial charge is 0.351 e. The first-order valence-electron chi connectivity index (χ1n) is 11.5. The van der Waals surface area contributed by atoms with Crippen molar-refractivity contribution in [2.45, 2.75) is 19.3 Å². The Balaban J connectivity index is 1.27. The molecule has 174 valence electrons. The Hall–Kier alpha value is -4.52. The van der Waals surface area contributed by atoms with Crippen molar-refractivity contribution >= 4 is 29.1 Å². The third-order valence-electron chi connectivity index (χ3n) is 6.01. The number of rotatable bonds is 6. The molecule has 1 aromatic heterocycles. The highest BCUT2D eigenvalue weighted by atomic mass is 16.2. The number of benzene rings is 3. The van der Waals surface area contributed by atoms with Gasteiger partial charge in [0.2, 0.25) is 11.9 Å². The topological polar surface area (TPSA) is 96.0 Å². The molecule has 0 saturated carbocycles. The van der Waals surface area contributed by atoms with E-state index in [9.17, 15) is 9.59 Å². The molecule has 3 N–H and O–H groups in total. The summed E-state index contributed by atoms with van der Waals surface area (Å²) in [7, 11) is 0. The van der Waals surface area contributed by atoms with E-state index in [2.05, 4.69) is 45.0 Å². The summed E-state index contributed by atoms with van der Waals surface area (Å²) in [6, 6.07) is 24.9. The van der Waals surface area contributed by atoms with Gasteiger partial charge in [0.1, 0.15) is 0 Å². The van der Waals surface area contributed by atoms with Crippen molar-refractivity contribution in [2.24, 2.45) is 0 Å². The number of para-hydroxylation sites is 1. The van der Waals surface area contributed by atoms with E-state index in [0.717, 1.165) is 28.2 Å². The third-order valence-corrected chi connectivity index (χ3v) is 6.01. The van der Waals surface area contributed by atoms with Gasteiger partial charge in [-0.3, -0.25) is 9.59 Å². The summed E-state index contributed by atoms with van der Waals surface area (Å²) in [6.45, 7) is 2.65. The number of nitrogens with zero attached hydrogens (tertiary/aromatic N) is 2. The van der Waals surface area contributed by atoms with Crippen LogP contribution in [0.2, 0.25) is 0 Å². The molecule has 0 bridgehead atoms. The molecule has 35 heavy (non-hydrogen) atoms. The van der Waals surface area contributed by atoms with Crippen LogP contribution in [-0.2, 0) is 11.2 Å². The number of hydrogen-bond donors (Lipinski definition) is 3. The Bertz CT molecular complexity index is 1370. The van der Waals surface area contributed by atoms with Crippen LogP contribution in [0.3, 0.4) is 0 Å². The minimum Gasteiger partial charge on any atom is -0.351 e. The predicted octanol–water partition coefficient (Wildman–Crippen LogP) is 4.92. The standard InChI is InChI=1S/C28H25N5O2/c1-18(19-7-3-2-4-8-19)16-29-27(35)20-11-13-22(14-12-20)31-28-30-17-21-15-25(34)32-24-10-6-5-9-23(24)26(21)33-28/h2-14,17-18H,15-16H2,1H3,(H,29,35)(H,32,34)(H,30,31,33). The van der Waals surface area contributed by atoms with Crippen molar-refractivity contribution in [2.75, 3.05) is 17.2 Å². The van der Waals surface area contributed by atoms with E-state index >= 15 is 0 Å². The number of fused-ring (bicyclic) bond motifs is 3. The molecule has 3 aromatic carbocycles. The van der Waals surface area contributed by atoms with Crippen LogP contribution in [-0.4, -0.2) is 28.3 Å². The van der Waals surface area contributed by atoms with Crippen LogP contribution < -0.4 is 16.0 Å². The third kappa shape index (κ3) is 5.04. The lowest BCUT2D eigenvalue weighted by Crippen LogP contribution is -2.27. The van der Waals surface area contributed by atoms with Crippen molar-refractivity contribution < 1.29 is 9.59 Å². The zero-order valence-electron chi connectivity index (χ0n) is 19.3. The molecule has 5 rings (SSSR count). The molecule has 0 saturated heterocycles. The van der Waals surface area contributed by atoms with Crippen molar-refractivity contribution in [1.82, 2.24) is 15.3 Å². The van der Waals surface area contributed by atoms with Gasteiger partial charge < -0.3 is 16.0 Å². The molecule has 2 amide bonds. The Morgan fingerprint density at radius 1 is 1.00 bits per heavy atom. The van der Waals surface area contributed by atoms with E-state index in [0.29, 0.717) is 18.1 Å². The van der Waals surface area contributed by atoms with E-state index in [1.165, 1.54) is 5.56 Å². The zero-order chi connectivity index (χ0) is 24.2. The normalized spacial score (nSPS) is 13.0. The van der Waals surface area contributed by atoms with Gasteiger partial charge in [0.15, 0.2) is 0 Å². The summed E-state index contributed by atoms with van der Waals surface area (Å²) in [4.78, 5) is 33.9. The molecule has 0 fully saturated rings. The Labute approximate surface area is 203 Å². The smallest absolute Gasteiger partial charge is 0.251 e. The fraction of sp³-hybridized carbons (Fsp3) is 0.143. The maximum atomic E-state index is 12.6. The molecule has 7 nitrogen and oxygen atoms in total. The second kappa shape index (κ2) is 9.77. The number of nitrogens with one attached hydrogen (secondary N) is 3. The Kier molecular flexibility index (Phi) is 6.22. The predicted molar refractivity (Wildman–Crippen MR) is 137 cm³/mol. The fourth-order valence-corrected chi connectivity index (χ4v) is 4.08. The molecule has 1 aliphatic rings. The lowest BCUT2D eigenvalue weighted by Gasteiger charge is -2.13. The molecular formula is C28H25N5O2. The number of anilines is 3. The van der Waals surface area contributed by atoms with Gasteiger partial charge in [-0.05, 0) is 41.8 Å². The van der Waals surface area contributed by atoms with Crippen molar-refractivity contribution in [3.05, 3.63) is 102 Å².